The van der Waals surface area contributed by atoms with Gasteiger partial charge in [0, 0.05) is 8.95 Å². The minimum atomic E-state index is -3.77. The summed E-state index contributed by atoms with van der Waals surface area (Å²) in [6.07, 6.45) is 0. The summed E-state index contributed by atoms with van der Waals surface area (Å²) < 4.78 is 28.6. The van der Waals surface area contributed by atoms with Gasteiger partial charge < -0.3 is 5.11 Å². The lowest BCUT2D eigenvalue weighted by Crippen LogP contribution is -2.15. The Balaban J connectivity index is 2.47. The molecular formula is C13H11Br2NO3S. The van der Waals surface area contributed by atoms with Crippen molar-refractivity contribution in [2.24, 2.45) is 0 Å². The second kappa shape index (κ2) is 6.26. The van der Waals surface area contributed by atoms with Gasteiger partial charge in [-0.3, -0.25) is 4.72 Å². The molecule has 0 atom stereocenters. The molecule has 0 radical (unpaired) electrons. The summed E-state index contributed by atoms with van der Waals surface area (Å²) in [6, 6.07) is 11.6. The lowest BCUT2D eigenvalue weighted by Gasteiger charge is -2.13. The molecule has 2 rings (SSSR count). The maximum absolute atomic E-state index is 12.4. The Morgan fingerprint density at radius 3 is 2.20 bits per heavy atom. The van der Waals surface area contributed by atoms with E-state index in [1.165, 1.54) is 6.07 Å². The average Bonchev–Trinajstić information content (AvgIpc) is 2.43. The fraction of sp³-hybridized carbons (Fsp3) is 0.0769. The van der Waals surface area contributed by atoms with Crippen molar-refractivity contribution >= 4 is 47.6 Å². The predicted octanol–water partition coefficient (Wildman–Crippen LogP) is 3.50. The number of hydrogen-bond acceptors (Lipinski definition) is 3. The van der Waals surface area contributed by atoms with E-state index in [9.17, 15) is 13.5 Å². The molecule has 2 aromatic rings. The smallest absolute Gasteiger partial charge is 0.262 e. The molecule has 4 nitrogen and oxygen atoms in total. The number of aliphatic hydroxyl groups excluding tert-OH is 1. The number of aliphatic hydroxyl groups is 1. The molecular weight excluding hydrogens is 410 g/mol. The normalized spacial score (nSPS) is 11.3. The summed E-state index contributed by atoms with van der Waals surface area (Å²) >= 11 is 6.60. The predicted molar refractivity (Wildman–Crippen MR) is 85.0 cm³/mol. The first-order valence-corrected chi connectivity index (χ1v) is 8.68. The highest BCUT2D eigenvalue weighted by atomic mass is 79.9. The Bertz CT molecular complexity index is 712. The van der Waals surface area contributed by atoms with Crippen LogP contribution in [-0.2, 0) is 16.6 Å². The van der Waals surface area contributed by atoms with Gasteiger partial charge in [0.15, 0.2) is 0 Å². The van der Waals surface area contributed by atoms with Crippen molar-refractivity contribution < 1.29 is 13.5 Å². The molecule has 2 N–H and O–H groups in total. The summed E-state index contributed by atoms with van der Waals surface area (Å²) in [5.41, 5.74) is 0.767. The van der Waals surface area contributed by atoms with Crippen molar-refractivity contribution in [3.63, 3.8) is 0 Å². The van der Waals surface area contributed by atoms with E-state index in [2.05, 4.69) is 36.6 Å². The largest absolute Gasteiger partial charge is 0.392 e. The van der Waals surface area contributed by atoms with Crippen LogP contribution in [0.2, 0.25) is 0 Å². The van der Waals surface area contributed by atoms with Crippen LogP contribution in [0.25, 0.3) is 0 Å². The van der Waals surface area contributed by atoms with E-state index < -0.39 is 10.0 Å². The van der Waals surface area contributed by atoms with E-state index in [1.807, 2.05) is 0 Å². The monoisotopic (exact) mass is 419 g/mol. The second-order valence-electron chi connectivity index (χ2n) is 3.97. The van der Waals surface area contributed by atoms with Crippen LogP contribution in [0.5, 0.6) is 0 Å². The van der Waals surface area contributed by atoms with Crippen molar-refractivity contribution in [3.8, 4) is 0 Å². The lowest BCUT2D eigenvalue weighted by atomic mass is 10.2. The molecule has 0 spiro atoms. The van der Waals surface area contributed by atoms with Crippen LogP contribution in [0, 0.1) is 0 Å². The third-order valence-corrected chi connectivity index (χ3v) is 5.40. The van der Waals surface area contributed by atoms with E-state index in [-0.39, 0.29) is 11.5 Å². The standard InChI is InChI=1S/C13H11Br2NO3S/c14-10-5-3-6-11(15)13(10)16-20(18,19)12-7-2-1-4-9(12)8-17/h1-7,16-17H,8H2. The molecule has 0 bridgehead atoms. The average molecular weight is 421 g/mol. The molecule has 0 fully saturated rings. The zero-order chi connectivity index (χ0) is 14.8. The van der Waals surface area contributed by atoms with Crippen molar-refractivity contribution in [1.82, 2.24) is 0 Å². The molecule has 7 heteroatoms. The zero-order valence-corrected chi connectivity index (χ0v) is 14.2. The quantitative estimate of drug-likeness (QED) is 0.795. The van der Waals surface area contributed by atoms with Gasteiger partial charge in [-0.2, -0.15) is 0 Å². The second-order valence-corrected chi connectivity index (χ2v) is 7.33. The highest BCUT2D eigenvalue weighted by molar-refractivity contribution is 9.11. The van der Waals surface area contributed by atoms with Crippen molar-refractivity contribution in [2.45, 2.75) is 11.5 Å². The molecule has 20 heavy (non-hydrogen) atoms. The molecule has 2 aromatic carbocycles. The van der Waals surface area contributed by atoms with Crippen molar-refractivity contribution in [3.05, 3.63) is 57.0 Å². The number of benzene rings is 2. The van der Waals surface area contributed by atoms with E-state index in [4.69, 9.17) is 0 Å². The van der Waals surface area contributed by atoms with Crippen LogP contribution in [-0.4, -0.2) is 13.5 Å². The molecule has 0 unspecified atom stereocenters. The fourth-order valence-corrected chi connectivity index (χ4v) is 4.47. The SMILES string of the molecule is O=S(=O)(Nc1c(Br)cccc1Br)c1ccccc1CO. The maximum Gasteiger partial charge on any atom is 0.262 e. The molecule has 0 aliphatic carbocycles. The molecule has 0 amide bonds. The van der Waals surface area contributed by atoms with Crippen LogP contribution in [0.1, 0.15) is 5.56 Å². The number of nitrogens with one attached hydrogen (secondary N) is 1. The fourth-order valence-electron chi connectivity index (χ4n) is 1.68. The van der Waals surface area contributed by atoms with Gasteiger partial charge in [-0.05, 0) is 55.6 Å². The number of hydrogen-bond donors (Lipinski definition) is 2. The Labute approximate surface area is 134 Å². The number of anilines is 1. The van der Waals surface area contributed by atoms with E-state index in [0.29, 0.717) is 20.2 Å². The van der Waals surface area contributed by atoms with Crippen LogP contribution in [0.3, 0.4) is 0 Å². The molecule has 0 aromatic heterocycles. The van der Waals surface area contributed by atoms with Gasteiger partial charge in [-0.25, -0.2) is 8.42 Å². The van der Waals surface area contributed by atoms with E-state index in [0.717, 1.165) is 0 Å². The highest BCUT2D eigenvalue weighted by Gasteiger charge is 2.20. The minimum absolute atomic E-state index is 0.0603. The maximum atomic E-state index is 12.4. The van der Waals surface area contributed by atoms with Gasteiger partial charge in [0.1, 0.15) is 0 Å². The first kappa shape index (κ1) is 15.5. The number of rotatable bonds is 4. The van der Waals surface area contributed by atoms with Gasteiger partial charge in [-0.1, -0.05) is 24.3 Å². The van der Waals surface area contributed by atoms with E-state index in [1.54, 1.807) is 36.4 Å². The van der Waals surface area contributed by atoms with Crippen LogP contribution >= 0.6 is 31.9 Å². The topological polar surface area (TPSA) is 66.4 Å². The van der Waals surface area contributed by atoms with Crippen molar-refractivity contribution in [1.29, 1.82) is 0 Å². The van der Waals surface area contributed by atoms with E-state index >= 15 is 0 Å². The molecule has 0 heterocycles. The summed E-state index contributed by atoms with van der Waals surface area (Å²) in [6.45, 7) is -0.339. The summed E-state index contributed by atoms with van der Waals surface area (Å²) in [7, 11) is -3.77. The van der Waals surface area contributed by atoms with Crippen LogP contribution in [0.4, 0.5) is 5.69 Å². The Morgan fingerprint density at radius 2 is 1.60 bits per heavy atom. The molecule has 0 saturated heterocycles. The third kappa shape index (κ3) is 3.22. The van der Waals surface area contributed by atoms with Gasteiger partial charge in [0.25, 0.3) is 10.0 Å². The first-order chi connectivity index (χ1) is 9.45. The number of para-hydroxylation sites is 1. The Kier molecular flexibility index (Phi) is 4.85. The molecule has 106 valence electrons. The highest BCUT2D eigenvalue weighted by Crippen LogP contribution is 2.32. The number of halogens is 2. The first-order valence-electron chi connectivity index (χ1n) is 5.61. The lowest BCUT2D eigenvalue weighted by molar-refractivity contribution is 0.278. The molecule has 0 aliphatic rings. The van der Waals surface area contributed by atoms with Gasteiger partial charge in [0.2, 0.25) is 0 Å². The van der Waals surface area contributed by atoms with Gasteiger partial charge >= 0.3 is 0 Å². The summed E-state index contributed by atoms with van der Waals surface area (Å²) in [4.78, 5) is 0.0603. The Hall–Kier alpha value is -0.890. The molecule has 0 aliphatic heterocycles. The van der Waals surface area contributed by atoms with Gasteiger partial charge in [-0.15, -0.1) is 0 Å². The summed E-state index contributed by atoms with van der Waals surface area (Å²) in [5, 5.41) is 9.25. The Morgan fingerprint density at radius 1 is 1.00 bits per heavy atom. The molecule has 0 saturated carbocycles. The van der Waals surface area contributed by atoms with Crippen LogP contribution < -0.4 is 4.72 Å². The summed E-state index contributed by atoms with van der Waals surface area (Å²) in [5.74, 6) is 0. The number of sulfonamides is 1. The van der Waals surface area contributed by atoms with Crippen molar-refractivity contribution in [2.75, 3.05) is 4.72 Å². The zero-order valence-electron chi connectivity index (χ0n) is 10.2. The minimum Gasteiger partial charge on any atom is -0.392 e. The van der Waals surface area contributed by atoms with Crippen LogP contribution in [0.15, 0.2) is 56.3 Å². The third-order valence-electron chi connectivity index (χ3n) is 2.63. The van der Waals surface area contributed by atoms with Gasteiger partial charge in [0.05, 0.1) is 17.2 Å².